The molecule has 66 valence electrons. The van der Waals surface area contributed by atoms with Gasteiger partial charge in [0.15, 0.2) is 5.43 Å². The van der Waals surface area contributed by atoms with E-state index in [0.717, 1.165) is 11.4 Å². The Morgan fingerprint density at radius 3 is 1.92 bits per heavy atom. The lowest BCUT2D eigenvalue weighted by Gasteiger charge is -2.17. The molecule has 0 amide bonds. The lowest BCUT2D eigenvalue weighted by Crippen LogP contribution is -2.14. The summed E-state index contributed by atoms with van der Waals surface area (Å²) in [6.45, 7) is 8.16. The summed E-state index contributed by atoms with van der Waals surface area (Å²) in [4.78, 5) is 11.1. The van der Waals surface area contributed by atoms with E-state index in [1.54, 1.807) is 12.1 Å². The molecule has 1 aromatic heterocycles. The predicted molar refractivity (Wildman–Crippen MR) is 50.6 cm³/mol. The van der Waals surface area contributed by atoms with Crippen molar-refractivity contribution in [1.29, 1.82) is 0 Å². The van der Waals surface area contributed by atoms with Crippen LogP contribution in [0.5, 0.6) is 0 Å². The molecule has 2 nitrogen and oxygen atoms in total. The zero-order chi connectivity index (χ0) is 9.30. The normalized spacial score (nSPS) is 10.8. The molecule has 2 heteroatoms. The number of aromatic nitrogens is 1. The largest absolute Gasteiger partial charge is 0.346 e. The summed E-state index contributed by atoms with van der Waals surface area (Å²) in [5.41, 5.74) is 2.17. The van der Waals surface area contributed by atoms with Gasteiger partial charge in [-0.1, -0.05) is 0 Å². The molecule has 0 spiro atoms. The predicted octanol–water partition coefficient (Wildman–Crippen LogP) is 2.05. The summed E-state index contributed by atoms with van der Waals surface area (Å²) in [6.07, 6.45) is 0. The van der Waals surface area contributed by atoms with Gasteiger partial charge in [0.05, 0.1) is 0 Å². The standard InChI is InChI=1S/C10H15NO/c1-7(2)11-8(3)5-10(12)6-9(11)4/h5-7H,1-4H3. The summed E-state index contributed by atoms with van der Waals surface area (Å²) in [5, 5.41) is 0. The maximum absolute atomic E-state index is 11.1. The maximum Gasteiger partial charge on any atom is 0.182 e. The Kier molecular flexibility index (Phi) is 2.36. The molecule has 1 aromatic rings. The zero-order valence-electron chi connectivity index (χ0n) is 8.09. The molecule has 0 bridgehead atoms. The van der Waals surface area contributed by atoms with Crippen molar-refractivity contribution in [2.45, 2.75) is 33.7 Å². The van der Waals surface area contributed by atoms with Crippen LogP contribution in [0, 0.1) is 13.8 Å². The molecule has 1 heterocycles. The third-order valence-corrected chi connectivity index (χ3v) is 1.98. The van der Waals surface area contributed by atoms with Gasteiger partial charge in [-0.3, -0.25) is 4.79 Å². The lowest BCUT2D eigenvalue weighted by molar-refractivity contribution is 0.564. The fourth-order valence-corrected chi connectivity index (χ4v) is 1.69. The summed E-state index contributed by atoms with van der Waals surface area (Å²) in [6, 6.07) is 3.77. The number of pyridine rings is 1. The smallest absolute Gasteiger partial charge is 0.182 e. The fraction of sp³-hybridized carbons (Fsp3) is 0.500. The van der Waals surface area contributed by atoms with Crippen molar-refractivity contribution >= 4 is 0 Å². The van der Waals surface area contributed by atoms with Gasteiger partial charge in [0.1, 0.15) is 0 Å². The third-order valence-electron chi connectivity index (χ3n) is 1.98. The molecule has 0 unspecified atom stereocenters. The Bertz CT molecular complexity index is 310. The number of hydrogen-bond donors (Lipinski definition) is 0. The van der Waals surface area contributed by atoms with E-state index in [9.17, 15) is 4.79 Å². The van der Waals surface area contributed by atoms with Crippen molar-refractivity contribution in [3.8, 4) is 0 Å². The van der Waals surface area contributed by atoms with Crippen LogP contribution in [0.3, 0.4) is 0 Å². The summed E-state index contributed by atoms with van der Waals surface area (Å²) < 4.78 is 2.15. The van der Waals surface area contributed by atoms with Crippen LogP contribution in [-0.4, -0.2) is 4.57 Å². The molecule has 0 aliphatic rings. The molecular formula is C10H15NO. The zero-order valence-corrected chi connectivity index (χ0v) is 8.09. The SMILES string of the molecule is Cc1cc(=O)cc(C)n1C(C)C. The number of aryl methyl sites for hydroxylation is 2. The van der Waals surface area contributed by atoms with E-state index in [1.807, 2.05) is 13.8 Å². The Morgan fingerprint density at radius 1 is 1.17 bits per heavy atom. The van der Waals surface area contributed by atoms with Gasteiger partial charge in [-0.05, 0) is 27.7 Å². The first-order valence-corrected chi connectivity index (χ1v) is 4.22. The van der Waals surface area contributed by atoms with Gasteiger partial charge in [0, 0.05) is 29.6 Å². The molecule has 0 saturated carbocycles. The average Bonchev–Trinajstić information content (AvgIpc) is 1.82. The topological polar surface area (TPSA) is 22.0 Å². The van der Waals surface area contributed by atoms with E-state index < -0.39 is 0 Å². The van der Waals surface area contributed by atoms with Crippen molar-refractivity contribution in [3.63, 3.8) is 0 Å². The molecule has 1 rings (SSSR count). The molecule has 0 aliphatic carbocycles. The van der Waals surface area contributed by atoms with Crippen LogP contribution in [-0.2, 0) is 0 Å². The molecular weight excluding hydrogens is 150 g/mol. The van der Waals surface area contributed by atoms with Crippen LogP contribution >= 0.6 is 0 Å². The van der Waals surface area contributed by atoms with Crippen LogP contribution in [0.2, 0.25) is 0 Å². The van der Waals surface area contributed by atoms with Crippen molar-refractivity contribution in [2.75, 3.05) is 0 Å². The van der Waals surface area contributed by atoms with Gasteiger partial charge in [0.2, 0.25) is 0 Å². The highest BCUT2D eigenvalue weighted by Crippen LogP contribution is 2.10. The number of rotatable bonds is 1. The Labute approximate surface area is 72.8 Å². The van der Waals surface area contributed by atoms with Crippen LogP contribution < -0.4 is 5.43 Å². The quantitative estimate of drug-likeness (QED) is 0.624. The van der Waals surface area contributed by atoms with Crippen molar-refractivity contribution in [1.82, 2.24) is 4.57 Å². The molecule has 0 radical (unpaired) electrons. The van der Waals surface area contributed by atoms with Gasteiger partial charge in [-0.25, -0.2) is 0 Å². The Balaban J connectivity index is 3.38. The van der Waals surface area contributed by atoms with E-state index in [4.69, 9.17) is 0 Å². The minimum atomic E-state index is 0.0990. The van der Waals surface area contributed by atoms with Gasteiger partial charge < -0.3 is 4.57 Å². The van der Waals surface area contributed by atoms with E-state index in [2.05, 4.69) is 18.4 Å². The highest BCUT2D eigenvalue weighted by atomic mass is 16.1. The van der Waals surface area contributed by atoms with Crippen molar-refractivity contribution in [2.24, 2.45) is 0 Å². The number of nitrogens with zero attached hydrogens (tertiary/aromatic N) is 1. The molecule has 0 aromatic carbocycles. The second-order valence-corrected chi connectivity index (χ2v) is 3.44. The minimum Gasteiger partial charge on any atom is -0.346 e. The molecule has 0 atom stereocenters. The third kappa shape index (κ3) is 1.58. The van der Waals surface area contributed by atoms with Gasteiger partial charge >= 0.3 is 0 Å². The summed E-state index contributed by atoms with van der Waals surface area (Å²) >= 11 is 0. The molecule has 12 heavy (non-hydrogen) atoms. The van der Waals surface area contributed by atoms with Gasteiger partial charge in [-0.15, -0.1) is 0 Å². The van der Waals surface area contributed by atoms with Crippen LogP contribution in [0.15, 0.2) is 16.9 Å². The summed E-state index contributed by atoms with van der Waals surface area (Å²) in [7, 11) is 0. The van der Waals surface area contributed by atoms with E-state index in [0.29, 0.717) is 6.04 Å². The summed E-state index contributed by atoms with van der Waals surface area (Å²) in [5.74, 6) is 0. The van der Waals surface area contributed by atoms with Gasteiger partial charge in [-0.2, -0.15) is 0 Å². The molecule has 0 saturated heterocycles. The monoisotopic (exact) mass is 165 g/mol. The second kappa shape index (κ2) is 3.13. The van der Waals surface area contributed by atoms with E-state index in [1.165, 1.54) is 0 Å². The lowest BCUT2D eigenvalue weighted by atomic mass is 10.2. The van der Waals surface area contributed by atoms with Crippen molar-refractivity contribution < 1.29 is 0 Å². The molecule has 0 fully saturated rings. The highest BCUT2D eigenvalue weighted by Gasteiger charge is 2.03. The fourth-order valence-electron chi connectivity index (χ4n) is 1.69. The first-order chi connectivity index (χ1) is 5.52. The van der Waals surface area contributed by atoms with Crippen LogP contribution in [0.4, 0.5) is 0 Å². The van der Waals surface area contributed by atoms with Gasteiger partial charge in [0.25, 0.3) is 0 Å². The highest BCUT2D eigenvalue weighted by molar-refractivity contribution is 5.13. The Hall–Kier alpha value is -1.05. The van der Waals surface area contributed by atoms with Crippen LogP contribution in [0.1, 0.15) is 31.3 Å². The Morgan fingerprint density at radius 2 is 1.58 bits per heavy atom. The minimum absolute atomic E-state index is 0.0990. The maximum atomic E-state index is 11.1. The van der Waals surface area contributed by atoms with E-state index >= 15 is 0 Å². The van der Waals surface area contributed by atoms with E-state index in [-0.39, 0.29) is 5.43 Å². The molecule has 0 aliphatic heterocycles. The number of hydrogen-bond acceptors (Lipinski definition) is 1. The first kappa shape index (κ1) is 9.04. The second-order valence-electron chi connectivity index (χ2n) is 3.44. The van der Waals surface area contributed by atoms with Crippen LogP contribution in [0.25, 0.3) is 0 Å². The average molecular weight is 165 g/mol. The van der Waals surface area contributed by atoms with Crippen molar-refractivity contribution in [3.05, 3.63) is 33.7 Å². The first-order valence-electron chi connectivity index (χ1n) is 4.22. The molecule has 0 N–H and O–H groups in total.